The highest BCUT2D eigenvalue weighted by Gasteiger charge is 2.20. The van der Waals surface area contributed by atoms with Gasteiger partial charge in [0.05, 0.1) is 11.0 Å². The number of nitro groups is 1. The Morgan fingerprint density at radius 1 is 1.62 bits per heavy atom. The zero-order valence-electron chi connectivity index (χ0n) is 8.48. The van der Waals surface area contributed by atoms with Crippen molar-refractivity contribution in [3.05, 3.63) is 31.9 Å². The average Bonchev–Trinajstić information content (AvgIpc) is 2.17. The first-order valence-corrected chi connectivity index (χ1v) is 6.04. The molecule has 2 rings (SSSR count). The summed E-state index contributed by atoms with van der Waals surface area (Å²) in [6, 6.07) is 5.14. The molecule has 0 aromatic heterocycles. The van der Waals surface area contributed by atoms with Gasteiger partial charge in [-0.05, 0) is 41.1 Å². The Bertz CT molecular complexity index is 407. The molecule has 0 radical (unpaired) electrons. The van der Waals surface area contributed by atoms with Gasteiger partial charge in [0.15, 0.2) is 0 Å². The Morgan fingerprint density at radius 2 is 2.38 bits per heavy atom. The van der Waals surface area contributed by atoms with Gasteiger partial charge in [-0.3, -0.25) is 10.1 Å². The Kier molecular flexibility index (Phi) is 3.59. The summed E-state index contributed by atoms with van der Waals surface area (Å²) in [6.07, 6.45) is 1.21. The van der Waals surface area contributed by atoms with Crippen LogP contribution in [0, 0.1) is 13.7 Å². The molecule has 1 aliphatic heterocycles. The molecular formula is C10H11IN2O3. The second-order valence-corrected chi connectivity index (χ2v) is 4.83. The number of nitrogens with one attached hydrogen (secondary N) is 1. The van der Waals surface area contributed by atoms with E-state index in [-0.39, 0.29) is 16.7 Å². The Labute approximate surface area is 106 Å². The fraction of sp³-hybridized carbons (Fsp3) is 0.400. The van der Waals surface area contributed by atoms with Crippen LogP contribution in [0.25, 0.3) is 0 Å². The van der Waals surface area contributed by atoms with Crippen molar-refractivity contribution in [2.45, 2.75) is 12.5 Å². The Hall–Kier alpha value is -0.890. The van der Waals surface area contributed by atoms with Crippen molar-refractivity contribution >= 4 is 34.0 Å². The van der Waals surface area contributed by atoms with Crippen LogP contribution in [0.1, 0.15) is 6.42 Å². The number of hydrogen-bond donors (Lipinski definition) is 1. The number of hydrogen-bond acceptors (Lipinski definition) is 4. The molecule has 1 aromatic rings. The zero-order chi connectivity index (χ0) is 11.5. The number of ether oxygens (including phenoxy) is 1. The molecule has 86 valence electrons. The van der Waals surface area contributed by atoms with Gasteiger partial charge in [0.2, 0.25) is 0 Å². The van der Waals surface area contributed by atoms with Crippen LogP contribution < -0.4 is 5.32 Å². The number of benzene rings is 1. The van der Waals surface area contributed by atoms with E-state index in [1.807, 2.05) is 6.07 Å². The van der Waals surface area contributed by atoms with Crippen LogP contribution in [-0.4, -0.2) is 24.2 Å². The highest BCUT2D eigenvalue weighted by molar-refractivity contribution is 14.1. The van der Waals surface area contributed by atoms with E-state index < -0.39 is 0 Å². The summed E-state index contributed by atoms with van der Waals surface area (Å²) in [5, 5.41) is 13.9. The van der Waals surface area contributed by atoms with Crippen molar-refractivity contribution in [3.63, 3.8) is 0 Å². The number of anilines is 1. The molecule has 0 saturated carbocycles. The summed E-state index contributed by atoms with van der Waals surface area (Å²) in [6.45, 7) is 1.42. The highest BCUT2D eigenvalue weighted by Crippen LogP contribution is 2.26. The summed E-state index contributed by atoms with van der Waals surface area (Å²) >= 11 is 2.06. The quantitative estimate of drug-likeness (QED) is 0.522. The van der Waals surface area contributed by atoms with Crippen LogP contribution >= 0.6 is 22.6 Å². The second kappa shape index (κ2) is 4.96. The third kappa shape index (κ3) is 2.62. The minimum Gasteiger partial charge on any atom is -0.377 e. The topological polar surface area (TPSA) is 64.4 Å². The normalized spacial score (nSPS) is 18.9. The zero-order valence-corrected chi connectivity index (χ0v) is 10.6. The lowest BCUT2D eigenvalue weighted by Gasteiger charge is -2.26. The molecule has 1 aliphatic rings. The second-order valence-electron chi connectivity index (χ2n) is 3.58. The minimum absolute atomic E-state index is 0.117. The van der Waals surface area contributed by atoms with Crippen LogP contribution in [0.15, 0.2) is 18.2 Å². The van der Waals surface area contributed by atoms with Gasteiger partial charge in [-0.25, -0.2) is 0 Å². The standard InChI is InChI=1S/C10H11IN2O3/c11-7-1-2-9(10(5-7)13(14)15)12-6-8-3-4-16-8/h1-2,5,8,12H,3-4,6H2/t8-/m0/s1. The van der Waals surface area contributed by atoms with Crippen LogP contribution in [0.2, 0.25) is 0 Å². The molecule has 1 atom stereocenters. The van der Waals surface area contributed by atoms with Crippen molar-refractivity contribution in [1.82, 2.24) is 0 Å². The Morgan fingerprint density at radius 3 is 2.94 bits per heavy atom. The molecule has 1 N–H and O–H groups in total. The molecule has 0 aliphatic carbocycles. The van der Waals surface area contributed by atoms with Gasteiger partial charge in [-0.2, -0.15) is 0 Å². The molecule has 0 bridgehead atoms. The lowest BCUT2D eigenvalue weighted by molar-refractivity contribution is -0.384. The van der Waals surface area contributed by atoms with Gasteiger partial charge in [0, 0.05) is 22.8 Å². The summed E-state index contributed by atoms with van der Waals surface area (Å²) in [5.41, 5.74) is 0.673. The van der Waals surface area contributed by atoms with Crippen LogP contribution in [0.3, 0.4) is 0 Å². The summed E-state index contributed by atoms with van der Waals surface area (Å²) < 4.78 is 6.10. The van der Waals surface area contributed by atoms with Crippen molar-refractivity contribution in [1.29, 1.82) is 0 Å². The van der Waals surface area contributed by atoms with Gasteiger partial charge in [0.25, 0.3) is 5.69 Å². The van der Waals surface area contributed by atoms with Crippen molar-refractivity contribution in [3.8, 4) is 0 Å². The SMILES string of the molecule is O=[N+]([O-])c1cc(I)ccc1NC[C@@H]1CCO1. The number of halogens is 1. The monoisotopic (exact) mass is 334 g/mol. The molecule has 6 heteroatoms. The fourth-order valence-corrected chi connectivity index (χ4v) is 1.95. The smallest absolute Gasteiger partial charge is 0.293 e. The predicted octanol–water partition coefficient (Wildman–Crippen LogP) is 2.40. The molecule has 0 spiro atoms. The molecule has 0 unspecified atom stereocenters. The van der Waals surface area contributed by atoms with E-state index in [1.165, 1.54) is 0 Å². The minimum atomic E-state index is -0.369. The number of nitro benzene ring substituents is 1. The molecule has 1 fully saturated rings. The van der Waals surface area contributed by atoms with E-state index in [9.17, 15) is 10.1 Å². The molecule has 1 heterocycles. The molecule has 1 aromatic carbocycles. The van der Waals surface area contributed by atoms with Crippen LogP contribution in [0.4, 0.5) is 11.4 Å². The van der Waals surface area contributed by atoms with Crippen LogP contribution in [-0.2, 0) is 4.74 Å². The molecule has 5 nitrogen and oxygen atoms in total. The van der Waals surface area contributed by atoms with E-state index >= 15 is 0 Å². The summed E-state index contributed by atoms with van der Waals surface area (Å²) in [4.78, 5) is 10.5. The summed E-state index contributed by atoms with van der Waals surface area (Å²) in [5.74, 6) is 0. The lowest BCUT2D eigenvalue weighted by Crippen LogP contribution is -2.33. The third-order valence-corrected chi connectivity index (χ3v) is 3.14. The van der Waals surface area contributed by atoms with Gasteiger partial charge >= 0.3 is 0 Å². The maximum atomic E-state index is 10.8. The molecule has 0 amide bonds. The first-order chi connectivity index (χ1) is 7.66. The lowest BCUT2D eigenvalue weighted by atomic mass is 10.2. The largest absolute Gasteiger partial charge is 0.377 e. The number of nitrogens with zero attached hydrogens (tertiary/aromatic N) is 1. The maximum absolute atomic E-state index is 10.8. The van der Waals surface area contributed by atoms with E-state index in [0.29, 0.717) is 12.2 Å². The number of rotatable bonds is 4. The molecular weight excluding hydrogens is 323 g/mol. The van der Waals surface area contributed by atoms with Gasteiger partial charge < -0.3 is 10.1 Å². The Balaban J connectivity index is 2.08. The molecule has 1 saturated heterocycles. The van der Waals surface area contributed by atoms with Crippen molar-refractivity contribution < 1.29 is 9.66 Å². The maximum Gasteiger partial charge on any atom is 0.293 e. The van der Waals surface area contributed by atoms with E-state index in [1.54, 1.807) is 12.1 Å². The average molecular weight is 334 g/mol. The van der Waals surface area contributed by atoms with Gasteiger partial charge in [-0.1, -0.05) is 0 Å². The van der Waals surface area contributed by atoms with E-state index in [2.05, 4.69) is 27.9 Å². The first-order valence-electron chi connectivity index (χ1n) is 4.96. The molecule has 16 heavy (non-hydrogen) atoms. The van der Waals surface area contributed by atoms with Gasteiger partial charge in [0.1, 0.15) is 5.69 Å². The third-order valence-electron chi connectivity index (χ3n) is 2.47. The summed E-state index contributed by atoms with van der Waals surface area (Å²) in [7, 11) is 0. The van der Waals surface area contributed by atoms with Gasteiger partial charge in [-0.15, -0.1) is 0 Å². The van der Waals surface area contributed by atoms with E-state index in [0.717, 1.165) is 16.6 Å². The predicted molar refractivity (Wildman–Crippen MR) is 68.7 cm³/mol. The van der Waals surface area contributed by atoms with E-state index in [4.69, 9.17) is 4.74 Å². The fourth-order valence-electron chi connectivity index (χ4n) is 1.47. The van der Waals surface area contributed by atoms with Crippen molar-refractivity contribution in [2.75, 3.05) is 18.5 Å². The highest BCUT2D eigenvalue weighted by atomic mass is 127. The first kappa shape index (κ1) is 11.6. The van der Waals surface area contributed by atoms with Crippen LogP contribution in [0.5, 0.6) is 0 Å². The van der Waals surface area contributed by atoms with Crippen molar-refractivity contribution in [2.24, 2.45) is 0 Å².